The van der Waals surface area contributed by atoms with E-state index in [4.69, 9.17) is 0 Å². The quantitative estimate of drug-likeness (QED) is 0.809. The Morgan fingerprint density at radius 3 is 2.67 bits per heavy atom. The smallest absolute Gasteiger partial charge is 0.137 e. The fraction of sp³-hybridized carbons (Fsp3) is 0.562. The Hall–Kier alpha value is -1.31. The molecule has 2 atom stereocenters. The maximum absolute atomic E-state index is 12.0. The zero-order valence-electron chi connectivity index (χ0n) is 11.4. The van der Waals surface area contributed by atoms with E-state index < -0.39 is 0 Å². The Kier molecular flexibility index (Phi) is 4.40. The second-order valence-corrected chi connectivity index (χ2v) is 5.42. The topological polar surface area (TPSA) is 20.3 Å². The Balaban J connectivity index is 2.04. The molecule has 0 spiro atoms. The van der Waals surface area contributed by atoms with Gasteiger partial charge in [-0.25, -0.2) is 0 Å². The Morgan fingerprint density at radius 1 is 1.28 bits per heavy atom. The van der Waals surface area contributed by atoms with Crippen molar-refractivity contribution in [3.8, 4) is 0 Å². The van der Waals surface area contributed by atoms with Crippen LogP contribution in [0, 0.1) is 11.8 Å². The van der Waals surface area contributed by atoms with Crippen molar-refractivity contribution >= 4 is 11.5 Å². The van der Waals surface area contributed by atoms with E-state index in [9.17, 15) is 4.79 Å². The van der Waals surface area contributed by atoms with Gasteiger partial charge in [0.05, 0.1) is 0 Å². The zero-order valence-corrected chi connectivity index (χ0v) is 11.4. The predicted octanol–water partition coefficient (Wildman–Crippen LogP) is 3.52. The minimum atomic E-state index is 0.230. The molecule has 0 heterocycles. The Morgan fingerprint density at radius 2 is 2.00 bits per heavy atom. The summed E-state index contributed by atoms with van der Waals surface area (Å²) in [5.41, 5.74) is 1.23. The number of nitrogens with zero attached hydrogens (tertiary/aromatic N) is 1. The van der Waals surface area contributed by atoms with Crippen LogP contribution in [0.25, 0.3) is 0 Å². The fourth-order valence-corrected chi connectivity index (χ4v) is 2.83. The number of carbonyl (C=O) groups excluding carboxylic acids is 1. The van der Waals surface area contributed by atoms with Gasteiger partial charge >= 0.3 is 0 Å². The summed E-state index contributed by atoms with van der Waals surface area (Å²) in [4.78, 5) is 14.3. The third-order valence-electron chi connectivity index (χ3n) is 3.97. The standard InChI is InChI=1S/C16H23NO/c1-3-17(15-7-5-4-6-8-15)12-14-11-13(2)9-10-16(14)18/h4-8,13-14H,3,9-12H2,1-2H3. The van der Waals surface area contributed by atoms with Crippen molar-refractivity contribution in [1.82, 2.24) is 0 Å². The first-order valence-corrected chi connectivity index (χ1v) is 7.03. The van der Waals surface area contributed by atoms with Crippen LogP contribution >= 0.6 is 0 Å². The zero-order chi connectivity index (χ0) is 13.0. The molecule has 18 heavy (non-hydrogen) atoms. The van der Waals surface area contributed by atoms with Gasteiger partial charge in [-0.2, -0.15) is 0 Å². The first-order chi connectivity index (χ1) is 8.70. The molecule has 0 aromatic heterocycles. The molecule has 2 nitrogen and oxygen atoms in total. The van der Waals surface area contributed by atoms with Crippen molar-refractivity contribution in [2.45, 2.75) is 33.1 Å². The number of rotatable bonds is 4. The molecule has 0 saturated heterocycles. The summed E-state index contributed by atoms with van der Waals surface area (Å²) in [5, 5.41) is 0. The number of carbonyl (C=O) groups is 1. The van der Waals surface area contributed by atoms with E-state index in [0.717, 1.165) is 32.4 Å². The van der Waals surface area contributed by atoms with Gasteiger partial charge in [0.15, 0.2) is 0 Å². The van der Waals surface area contributed by atoms with Gasteiger partial charge in [0.1, 0.15) is 5.78 Å². The number of anilines is 1. The fourth-order valence-electron chi connectivity index (χ4n) is 2.83. The number of benzene rings is 1. The van der Waals surface area contributed by atoms with Gasteiger partial charge in [-0.1, -0.05) is 25.1 Å². The Labute approximate surface area is 110 Å². The van der Waals surface area contributed by atoms with Crippen LogP contribution in [0.15, 0.2) is 30.3 Å². The number of Topliss-reactive ketones (excluding diaryl/α,β-unsaturated/α-hetero) is 1. The molecule has 1 saturated carbocycles. The van der Waals surface area contributed by atoms with Crippen molar-refractivity contribution in [2.75, 3.05) is 18.0 Å². The van der Waals surface area contributed by atoms with E-state index in [1.165, 1.54) is 5.69 Å². The van der Waals surface area contributed by atoms with E-state index in [1.807, 2.05) is 6.07 Å². The van der Waals surface area contributed by atoms with Crippen molar-refractivity contribution in [2.24, 2.45) is 11.8 Å². The van der Waals surface area contributed by atoms with Crippen LogP contribution in [0.3, 0.4) is 0 Å². The lowest BCUT2D eigenvalue weighted by atomic mass is 9.81. The van der Waals surface area contributed by atoms with Gasteiger partial charge in [-0.3, -0.25) is 4.79 Å². The molecule has 0 aliphatic heterocycles. The lowest BCUT2D eigenvalue weighted by molar-refractivity contribution is -0.125. The summed E-state index contributed by atoms with van der Waals surface area (Å²) in [7, 11) is 0. The molecule has 1 fully saturated rings. The van der Waals surface area contributed by atoms with Crippen LogP contribution in [-0.2, 0) is 4.79 Å². The highest BCUT2D eigenvalue weighted by Crippen LogP contribution is 2.27. The van der Waals surface area contributed by atoms with Gasteiger partial charge in [0, 0.05) is 31.1 Å². The summed E-state index contributed by atoms with van der Waals surface area (Å²) >= 11 is 0. The van der Waals surface area contributed by atoms with E-state index in [-0.39, 0.29) is 5.92 Å². The van der Waals surface area contributed by atoms with Gasteiger partial charge < -0.3 is 4.90 Å². The molecule has 0 bridgehead atoms. The second-order valence-electron chi connectivity index (χ2n) is 5.42. The lowest BCUT2D eigenvalue weighted by Crippen LogP contribution is -2.36. The minimum absolute atomic E-state index is 0.230. The maximum Gasteiger partial charge on any atom is 0.137 e. The lowest BCUT2D eigenvalue weighted by Gasteiger charge is -2.32. The highest BCUT2D eigenvalue weighted by Gasteiger charge is 2.27. The molecular weight excluding hydrogens is 222 g/mol. The van der Waals surface area contributed by atoms with Crippen molar-refractivity contribution in [3.05, 3.63) is 30.3 Å². The van der Waals surface area contributed by atoms with Crippen molar-refractivity contribution in [1.29, 1.82) is 0 Å². The molecule has 0 N–H and O–H groups in total. The summed E-state index contributed by atoms with van der Waals surface area (Å²) in [5.74, 6) is 1.39. The number of hydrogen-bond acceptors (Lipinski definition) is 2. The van der Waals surface area contributed by atoms with E-state index in [2.05, 4.69) is 43.0 Å². The average molecular weight is 245 g/mol. The van der Waals surface area contributed by atoms with Gasteiger partial charge in [-0.05, 0) is 37.8 Å². The molecule has 1 aromatic carbocycles. The summed E-state index contributed by atoms with van der Waals surface area (Å²) in [6.45, 7) is 6.26. The van der Waals surface area contributed by atoms with Crippen LogP contribution < -0.4 is 4.90 Å². The molecule has 2 heteroatoms. The van der Waals surface area contributed by atoms with Gasteiger partial charge in [0.2, 0.25) is 0 Å². The van der Waals surface area contributed by atoms with Crippen LogP contribution in [0.2, 0.25) is 0 Å². The third-order valence-corrected chi connectivity index (χ3v) is 3.97. The maximum atomic E-state index is 12.0. The largest absolute Gasteiger partial charge is 0.371 e. The highest BCUT2D eigenvalue weighted by atomic mass is 16.1. The number of ketones is 1. The monoisotopic (exact) mass is 245 g/mol. The van der Waals surface area contributed by atoms with Gasteiger partial charge in [-0.15, -0.1) is 0 Å². The molecule has 1 aliphatic carbocycles. The third kappa shape index (κ3) is 3.12. The van der Waals surface area contributed by atoms with Crippen LogP contribution in [-0.4, -0.2) is 18.9 Å². The first kappa shape index (κ1) is 13.1. The number of para-hydroxylation sites is 1. The summed E-state index contributed by atoms with van der Waals surface area (Å²) in [6.07, 6.45) is 2.91. The second kappa shape index (κ2) is 6.03. The summed E-state index contributed by atoms with van der Waals surface area (Å²) < 4.78 is 0. The molecule has 1 aliphatic rings. The summed E-state index contributed by atoms with van der Waals surface area (Å²) in [6, 6.07) is 10.4. The predicted molar refractivity (Wildman–Crippen MR) is 75.8 cm³/mol. The molecular formula is C16H23NO. The number of hydrogen-bond donors (Lipinski definition) is 0. The van der Waals surface area contributed by atoms with Crippen LogP contribution in [0.1, 0.15) is 33.1 Å². The molecule has 98 valence electrons. The molecule has 0 amide bonds. The normalized spacial score (nSPS) is 24.0. The van der Waals surface area contributed by atoms with E-state index in [0.29, 0.717) is 11.7 Å². The molecule has 1 aromatic rings. The van der Waals surface area contributed by atoms with Crippen LogP contribution in [0.4, 0.5) is 5.69 Å². The highest BCUT2D eigenvalue weighted by molar-refractivity contribution is 5.82. The molecule has 0 radical (unpaired) electrons. The average Bonchev–Trinajstić information content (AvgIpc) is 2.41. The van der Waals surface area contributed by atoms with Gasteiger partial charge in [0.25, 0.3) is 0 Å². The van der Waals surface area contributed by atoms with E-state index >= 15 is 0 Å². The Bertz CT molecular complexity index is 387. The van der Waals surface area contributed by atoms with E-state index in [1.54, 1.807) is 0 Å². The minimum Gasteiger partial charge on any atom is -0.371 e. The molecule has 2 unspecified atom stereocenters. The van der Waals surface area contributed by atoms with Crippen LogP contribution in [0.5, 0.6) is 0 Å². The SMILES string of the molecule is CCN(CC1CC(C)CCC1=O)c1ccccc1. The van der Waals surface area contributed by atoms with Crippen molar-refractivity contribution in [3.63, 3.8) is 0 Å². The first-order valence-electron chi connectivity index (χ1n) is 7.03. The van der Waals surface area contributed by atoms with Crippen molar-refractivity contribution < 1.29 is 4.79 Å². The molecule has 2 rings (SSSR count).